The smallest absolute Gasteiger partial charge is 0.160 e. The lowest BCUT2D eigenvalue weighted by Gasteiger charge is -2.20. The lowest BCUT2D eigenvalue weighted by Crippen LogP contribution is -2.26. The van der Waals surface area contributed by atoms with E-state index < -0.39 is 0 Å². The van der Waals surface area contributed by atoms with Gasteiger partial charge in [-0.2, -0.15) is 0 Å². The molecule has 1 atom stereocenters. The summed E-state index contributed by atoms with van der Waals surface area (Å²) in [7, 11) is 0. The summed E-state index contributed by atoms with van der Waals surface area (Å²) < 4.78 is 0. The summed E-state index contributed by atoms with van der Waals surface area (Å²) >= 11 is 1.72. The third kappa shape index (κ3) is 3.37. The molecule has 1 aromatic carbocycles. The van der Waals surface area contributed by atoms with Crippen LogP contribution >= 0.6 is 11.3 Å². The maximum atomic E-state index is 11.8. The van der Waals surface area contributed by atoms with Gasteiger partial charge in [-0.1, -0.05) is 29.4 Å². The molecular weight excluding hydrogens is 334 g/mol. The molecule has 1 fully saturated rings. The van der Waals surface area contributed by atoms with Crippen LogP contribution in [-0.2, 0) is 4.84 Å². The number of carbonyl (C=O) groups excluding carboxylic acids is 1. The van der Waals surface area contributed by atoms with Crippen LogP contribution in [0.2, 0.25) is 0 Å². The molecule has 0 saturated carbocycles. The lowest BCUT2D eigenvalue weighted by molar-refractivity contribution is 0.0832. The number of benzene rings is 1. The van der Waals surface area contributed by atoms with Crippen LogP contribution in [-0.4, -0.2) is 29.6 Å². The van der Waals surface area contributed by atoms with Gasteiger partial charge in [-0.05, 0) is 32.9 Å². The van der Waals surface area contributed by atoms with E-state index in [1.165, 1.54) is 5.01 Å². The molecule has 25 heavy (non-hydrogen) atoms. The fourth-order valence-electron chi connectivity index (χ4n) is 3.47. The number of thiazole rings is 1. The van der Waals surface area contributed by atoms with E-state index in [0.29, 0.717) is 17.9 Å². The second-order valence-electron chi connectivity index (χ2n) is 6.57. The van der Waals surface area contributed by atoms with Crippen molar-refractivity contribution in [3.8, 4) is 0 Å². The number of hydrogen-bond donors (Lipinski definition) is 1. The Hall–Kier alpha value is -2.05. The van der Waals surface area contributed by atoms with E-state index in [1.54, 1.807) is 18.3 Å². The normalized spacial score (nSPS) is 21.0. The van der Waals surface area contributed by atoms with E-state index >= 15 is 0 Å². The first-order valence-corrected chi connectivity index (χ1v) is 9.59. The zero-order valence-electron chi connectivity index (χ0n) is 14.2. The summed E-state index contributed by atoms with van der Waals surface area (Å²) in [5, 5.41) is 10.9. The summed E-state index contributed by atoms with van der Waals surface area (Å²) in [6, 6.07) is 7.60. The van der Waals surface area contributed by atoms with Gasteiger partial charge in [-0.15, -0.1) is 11.3 Å². The van der Waals surface area contributed by atoms with Gasteiger partial charge in [0.2, 0.25) is 0 Å². The number of Topliss-reactive ketones (excluding diaryl/α,β-unsaturated/α-hetero) is 1. The Bertz CT molecular complexity index is 809. The molecule has 2 aliphatic heterocycles. The largest absolute Gasteiger partial charge is 0.387 e. The number of aromatic nitrogens is 1. The first kappa shape index (κ1) is 16.4. The highest BCUT2D eigenvalue weighted by Gasteiger charge is 2.28. The van der Waals surface area contributed by atoms with Crippen molar-refractivity contribution >= 4 is 22.8 Å². The minimum absolute atomic E-state index is 0.0505. The summed E-state index contributed by atoms with van der Waals surface area (Å²) in [6.45, 7) is 3.71. The van der Waals surface area contributed by atoms with Crippen LogP contribution in [0.3, 0.4) is 0 Å². The first-order valence-electron chi connectivity index (χ1n) is 8.71. The summed E-state index contributed by atoms with van der Waals surface area (Å²) in [6.07, 6.45) is 2.73. The maximum Gasteiger partial charge on any atom is 0.160 e. The third-order valence-electron chi connectivity index (χ3n) is 4.86. The second kappa shape index (κ2) is 7.06. The van der Waals surface area contributed by atoms with Gasteiger partial charge >= 0.3 is 0 Å². The molecule has 130 valence electrons. The summed E-state index contributed by atoms with van der Waals surface area (Å²) in [5.74, 6) is 0.603. The van der Waals surface area contributed by atoms with Crippen molar-refractivity contribution in [3.63, 3.8) is 0 Å². The van der Waals surface area contributed by atoms with E-state index in [0.717, 1.165) is 42.9 Å². The minimum atomic E-state index is -0.209. The van der Waals surface area contributed by atoms with Crippen LogP contribution in [0.1, 0.15) is 64.8 Å². The highest BCUT2D eigenvalue weighted by molar-refractivity contribution is 7.10. The highest BCUT2D eigenvalue weighted by Crippen LogP contribution is 2.33. The summed E-state index contributed by atoms with van der Waals surface area (Å²) in [4.78, 5) is 22.3. The van der Waals surface area contributed by atoms with E-state index in [1.807, 2.05) is 24.3 Å². The number of rotatable bonds is 4. The van der Waals surface area contributed by atoms with Crippen molar-refractivity contribution in [2.45, 2.75) is 38.2 Å². The zero-order chi connectivity index (χ0) is 17.2. The molecular formula is C19H21N3O2S. The van der Waals surface area contributed by atoms with Crippen LogP contribution in [0, 0.1) is 0 Å². The molecule has 2 aromatic rings. The molecule has 0 radical (unpaired) electrons. The van der Waals surface area contributed by atoms with Gasteiger partial charge in [0.05, 0.1) is 10.7 Å². The van der Waals surface area contributed by atoms with Gasteiger partial charge in [0, 0.05) is 28.8 Å². The molecule has 0 amide bonds. The Labute approximate surface area is 151 Å². The third-order valence-corrected chi connectivity index (χ3v) is 5.87. The van der Waals surface area contributed by atoms with E-state index in [9.17, 15) is 4.79 Å². The van der Waals surface area contributed by atoms with Crippen LogP contribution in [0.4, 0.5) is 0 Å². The van der Waals surface area contributed by atoms with Crippen molar-refractivity contribution in [3.05, 3.63) is 51.5 Å². The molecule has 1 saturated heterocycles. The SMILES string of the molecule is CC(=O)c1ccccc1C1CC(c2csc(C3CCNCC3)n2)=NO1. The number of hydrogen-bond acceptors (Lipinski definition) is 6. The maximum absolute atomic E-state index is 11.8. The Kier molecular flexibility index (Phi) is 4.63. The molecule has 0 bridgehead atoms. The summed E-state index contributed by atoms with van der Waals surface area (Å²) in [5.41, 5.74) is 3.40. The van der Waals surface area contributed by atoms with E-state index in [2.05, 4.69) is 15.9 Å². The van der Waals surface area contributed by atoms with Crippen LogP contribution in [0.5, 0.6) is 0 Å². The van der Waals surface area contributed by atoms with E-state index in [4.69, 9.17) is 9.82 Å². The molecule has 0 spiro atoms. The van der Waals surface area contributed by atoms with E-state index in [-0.39, 0.29) is 11.9 Å². The number of piperidine rings is 1. The predicted octanol–water partition coefficient (Wildman–Crippen LogP) is 3.68. The van der Waals surface area contributed by atoms with Gasteiger partial charge in [-0.3, -0.25) is 4.79 Å². The quantitative estimate of drug-likeness (QED) is 0.850. The highest BCUT2D eigenvalue weighted by atomic mass is 32.1. The molecule has 2 aliphatic rings. The first-order chi connectivity index (χ1) is 12.2. The Morgan fingerprint density at radius 1 is 1.28 bits per heavy atom. The average molecular weight is 355 g/mol. The van der Waals surface area contributed by atoms with Crippen molar-refractivity contribution < 1.29 is 9.63 Å². The molecule has 1 unspecified atom stereocenters. The molecule has 1 N–H and O–H groups in total. The second-order valence-corrected chi connectivity index (χ2v) is 7.46. The molecule has 4 rings (SSSR count). The number of nitrogens with one attached hydrogen (secondary N) is 1. The fourth-order valence-corrected chi connectivity index (χ4v) is 4.47. The van der Waals surface area contributed by atoms with Crippen molar-refractivity contribution in [2.24, 2.45) is 5.16 Å². The monoisotopic (exact) mass is 355 g/mol. The molecule has 1 aromatic heterocycles. The number of nitrogens with zero attached hydrogens (tertiary/aromatic N) is 2. The Morgan fingerprint density at radius 2 is 2.08 bits per heavy atom. The van der Waals surface area contributed by atoms with Crippen molar-refractivity contribution in [1.82, 2.24) is 10.3 Å². The Balaban J connectivity index is 1.49. The van der Waals surface area contributed by atoms with Gasteiger partial charge in [0.25, 0.3) is 0 Å². The molecule has 5 nitrogen and oxygen atoms in total. The van der Waals surface area contributed by atoms with Crippen molar-refractivity contribution in [1.29, 1.82) is 0 Å². The van der Waals surface area contributed by atoms with Gasteiger partial charge < -0.3 is 10.2 Å². The van der Waals surface area contributed by atoms with Crippen LogP contribution in [0.25, 0.3) is 0 Å². The number of oxime groups is 1. The number of carbonyl (C=O) groups is 1. The van der Waals surface area contributed by atoms with Crippen molar-refractivity contribution in [2.75, 3.05) is 13.1 Å². The predicted molar refractivity (Wildman–Crippen MR) is 98.4 cm³/mol. The average Bonchev–Trinajstić information content (AvgIpc) is 3.32. The molecule has 0 aliphatic carbocycles. The minimum Gasteiger partial charge on any atom is -0.387 e. The van der Waals surface area contributed by atoms with Gasteiger partial charge in [-0.25, -0.2) is 4.98 Å². The fraction of sp³-hybridized carbons (Fsp3) is 0.421. The topological polar surface area (TPSA) is 63.6 Å². The van der Waals surface area contributed by atoms with Gasteiger partial charge in [0.15, 0.2) is 11.9 Å². The lowest BCUT2D eigenvalue weighted by atomic mass is 9.96. The standard InChI is InChI=1S/C19H21N3O2S/c1-12(23)14-4-2-3-5-15(14)18-10-16(22-24-18)17-11-25-19(21-17)13-6-8-20-9-7-13/h2-5,11,13,18,20H,6-10H2,1H3. The Morgan fingerprint density at radius 3 is 2.88 bits per heavy atom. The number of ketones is 1. The molecule has 3 heterocycles. The molecule has 6 heteroatoms. The van der Waals surface area contributed by atoms with Gasteiger partial charge in [0.1, 0.15) is 5.71 Å². The zero-order valence-corrected chi connectivity index (χ0v) is 15.0. The van der Waals surface area contributed by atoms with Crippen LogP contribution < -0.4 is 5.32 Å². The van der Waals surface area contributed by atoms with Crippen LogP contribution in [0.15, 0.2) is 34.8 Å².